The van der Waals surface area contributed by atoms with Crippen molar-refractivity contribution >= 4 is 27.5 Å². The summed E-state index contributed by atoms with van der Waals surface area (Å²) in [7, 11) is -0.759. The Bertz CT molecular complexity index is 1340. The lowest BCUT2D eigenvalue weighted by Crippen LogP contribution is -2.26. The van der Waals surface area contributed by atoms with E-state index in [1.807, 2.05) is 0 Å². The molecule has 0 aromatic heterocycles. The highest BCUT2D eigenvalue weighted by Gasteiger charge is 2.20. The zero-order chi connectivity index (χ0) is 24.3. The SMILES string of the molecule is CNC(=O)c1ccc(CN(C)C(=O)c2cccc(S(=O)(=O)Nc3ccc4c(c3)OCO4)c2)cc1. The number of carbonyl (C=O) groups excluding carboxylic acids is 2. The lowest BCUT2D eigenvalue weighted by Gasteiger charge is -2.18. The fourth-order valence-corrected chi connectivity index (χ4v) is 4.54. The normalized spacial score (nSPS) is 12.2. The van der Waals surface area contributed by atoms with Gasteiger partial charge in [-0.2, -0.15) is 0 Å². The van der Waals surface area contributed by atoms with Crippen molar-refractivity contribution in [2.45, 2.75) is 11.4 Å². The summed E-state index contributed by atoms with van der Waals surface area (Å²) in [6, 6.07) is 17.5. The molecule has 1 heterocycles. The highest BCUT2D eigenvalue weighted by atomic mass is 32.2. The van der Waals surface area contributed by atoms with Gasteiger partial charge in [-0.1, -0.05) is 18.2 Å². The van der Waals surface area contributed by atoms with E-state index >= 15 is 0 Å². The van der Waals surface area contributed by atoms with Gasteiger partial charge in [0.25, 0.3) is 21.8 Å². The van der Waals surface area contributed by atoms with E-state index in [4.69, 9.17) is 9.47 Å². The number of amides is 2. The molecule has 0 saturated carbocycles. The molecule has 10 heteroatoms. The van der Waals surface area contributed by atoms with Crippen LogP contribution in [0, 0.1) is 0 Å². The third kappa shape index (κ3) is 4.96. The number of rotatable bonds is 7. The van der Waals surface area contributed by atoms with Crippen LogP contribution in [-0.4, -0.2) is 46.0 Å². The number of nitrogens with one attached hydrogen (secondary N) is 2. The zero-order valence-corrected chi connectivity index (χ0v) is 19.4. The predicted molar refractivity (Wildman–Crippen MR) is 125 cm³/mol. The van der Waals surface area contributed by atoms with E-state index in [2.05, 4.69) is 10.0 Å². The first-order valence-electron chi connectivity index (χ1n) is 10.4. The maximum absolute atomic E-state index is 13.0. The Morgan fingerprint density at radius 2 is 1.68 bits per heavy atom. The minimum Gasteiger partial charge on any atom is -0.454 e. The molecule has 2 N–H and O–H groups in total. The van der Waals surface area contributed by atoms with Gasteiger partial charge in [-0.25, -0.2) is 8.42 Å². The van der Waals surface area contributed by atoms with Crippen LogP contribution in [0.4, 0.5) is 5.69 Å². The fourth-order valence-electron chi connectivity index (χ4n) is 3.44. The summed E-state index contributed by atoms with van der Waals surface area (Å²) in [6.45, 7) is 0.376. The molecule has 3 aromatic carbocycles. The molecule has 34 heavy (non-hydrogen) atoms. The van der Waals surface area contributed by atoms with Crippen molar-refractivity contribution in [3.8, 4) is 11.5 Å². The van der Waals surface area contributed by atoms with Gasteiger partial charge in [-0.3, -0.25) is 14.3 Å². The lowest BCUT2D eigenvalue weighted by atomic mass is 10.1. The second kappa shape index (κ2) is 9.44. The van der Waals surface area contributed by atoms with Crippen LogP contribution >= 0.6 is 0 Å². The van der Waals surface area contributed by atoms with Crippen molar-refractivity contribution in [2.75, 3.05) is 25.6 Å². The van der Waals surface area contributed by atoms with Gasteiger partial charge in [0, 0.05) is 37.8 Å². The summed E-state index contributed by atoms with van der Waals surface area (Å²) < 4.78 is 38.8. The molecular weight excluding hydrogens is 458 g/mol. The molecule has 2 amide bonds. The molecular formula is C24H23N3O6S. The average molecular weight is 482 g/mol. The lowest BCUT2D eigenvalue weighted by molar-refractivity contribution is 0.0784. The predicted octanol–water partition coefficient (Wildman–Crippen LogP) is 2.85. The molecule has 9 nitrogen and oxygen atoms in total. The average Bonchev–Trinajstić information content (AvgIpc) is 3.31. The largest absolute Gasteiger partial charge is 0.454 e. The van der Waals surface area contributed by atoms with E-state index < -0.39 is 10.0 Å². The van der Waals surface area contributed by atoms with Gasteiger partial charge in [-0.15, -0.1) is 0 Å². The summed E-state index contributed by atoms with van der Waals surface area (Å²) in [6.07, 6.45) is 0. The van der Waals surface area contributed by atoms with Crippen molar-refractivity contribution in [3.05, 3.63) is 83.4 Å². The quantitative estimate of drug-likeness (QED) is 0.537. The summed E-state index contributed by atoms with van der Waals surface area (Å²) >= 11 is 0. The number of nitrogens with zero attached hydrogens (tertiary/aromatic N) is 1. The Balaban J connectivity index is 1.47. The van der Waals surface area contributed by atoms with Gasteiger partial charge in [0.2, 0.25) is 6.79 Å². The summed E-state index contributed by atoms with van der Waals surface area (Å²) in [5.74, 6) is 0.467. The molecule has 1 aliphatic heterocycles. The molecule has 1 aliphatic rings. The third-order valence-corrected chi connectivity index (χ3v) is 6.60. The molecule has 0 fully saturated rings. The van der Waals surface area contributed by atoms with Crippen molar-refractivity contribution in [2.24, 2.45) is 0 Å². The van der Waals surface area contributed by atoms with E-state index in [0.29, 0.717) is 29.3 Å². The van der Waals surface area contributed by atoms with Gasteiger partial charge in [0.15, 0.2) is 11.5 Å². The molecule has 0 aliphatic carbocycles. The number of fused-ring (bicyclic) bond motifs is 1. The second-order valence-corrected chi connectivity index (χ2v) is 9.32. The molecule has 0 atom stereocenters. The third-order valence-electron chi connectivity index (χ3n) is 5.23. The monoisotopic (exact) mass is 481 g/mol. The first kappa shape index (κ1) is 23.1. The van der Waals surface area contributed by atoms with Crippen LogP contribution in [0.5, 0.6) is 11.5 Å². The Labute approximate surface area is 197 Å². The molecule has 0 spiro atoms. The topological polar surface area (TPSA) is 114 Å². The molecule has 176 valence electrons. The molecule has 0 saturated heterocycles. The Morgan fingerprint density at radius 1 is 0.941 bits per heavy atom. The molecule has 4 rings (SSSR count). The van der Waals surface area contributed by atoms with Crippen LogP contribution in [-0.2, 0) is 16.6 Å². The molecule has 0 unspecified atom stereocenters. The van der Waals surface area contributed by atoms with Gasteiger partial charge >= 0.3 is 0 Å². The standard InChI is InChI=1S/C24H23N3O6S/c1-25-23(28)17-8-6-16(7-9-17)14-27(2)24(29)18-4-3-5-20(12-18)34(30,31)26-19-10-11-21-22(13-19)33-15-32-21/h3-13,26H,14-15H2,1-2H3,(H,25,28). The summed E-state index contributed by atoms with van der Waals surface area (Å²) in [4.78, 5) is 26.1. The number of benzene rings is 3. The van der Waals surface area contributed by atoms with Crippen LogP contribution in [0.15, 0.2) is 71.6 Å². The first-order valence-corrected chi connectivity index (χ1v) is 11.8. The van der Waals surface area contributed by atoms with E-state index in [0.717, 1.165) is 5.56 Å². The van der Waals surface area contributed by atoms with Crippen molar-refractivity contribution in [3.63, 3.8) is 0 Å². The number of hydrogen-bond acceptors (Lipinski definition) is 6. The smallest absolute Gasteiger partial charge is 0.261 e. The maximum Gasteiger partial charge on any atom is 0.261 e. The van der Waals surface area contributed by atoms with E-state index in [1.165, 1.54) is 29.2 Å². The Morgan fingerprint density at radius 3 is 2.41 bits per heavy atom. The minimum absolute atomic E-state index is 0.0423. The highest BCUT2D eigenvalue weighted by Crippen LogP contribution is 2.34. The molecule has 3 aromatic rings. The van der Waals surface area contributed by atoms with E-state index in [-0.39, 0.29) is 29.1 Å². The maximum atomic E-state index is 13.0. The molecule has 0 radical (unpaired) electrons. The van der Waals surface area contributed by atoms with Gasteiger partial charge < -0.3 is 19.7 Å². The summed E-state index contributed by atoms with van der Waals surface area (Å²) in [5.41, 5.74) is 1.90. The zero-order valence-electron chi connectivity index (χ0n) is 18.6. The number of anilines is 1. The van der Waals surface area contributed by atoms with Gasteiger partial charge in [0.1, 0.15) is 0 Å². The number of ether oxygens (including phenoxy) is 2. The van der Waals surface area contributed by atoms with Crippen LogP contribution in [0.3, 0.4) is 0 Å². The highest BCUT2D eigenvalue weighted by molar-refractivity contribution is 7.92. The van der Waals surface area contributed by atoms with Crippen LogP contribution in [0.25, 0.3) is 0 Å². The van der Waals surface area contributed by atoms with Crippen LogP contribution in [0.1, 0.15) is 26.3 Å². The van der Waals surface area contributed by atoms with Crippen LogP contribution in [0.2, 0.25) is 0 Å². The van der Waals surface area contributed by atoms with Gasteiger partial charge in [-0.05, 0) is 48.0 Å². The van der Waals surface area contributed by atoms with E-state index in [1.54, 1.807) is 56.6 Å². The summed E-state index contributed by atoms with van der Waals surface area (Å²) in [5, 5.41) is 2.56. The van der Waals surface area contributed by atoms with Crippen molar-refractivity contribution < 1.29 is 27.5 Å². The molecule has 0 bridgehead atoms. The van der Waals surface area contributed by atoms with Gasteiger partial charge in [0.05, 0.1) is 10.6 Å². The fraction of sp³-hybridized carbons (Fsp3) is 0.167. The number of carbonyl (C=O) groups is 2. The van der Waals surface area contributed by atoms with Crippen LogP contribution < -0.4 is 19.5 Å². The van der Waals surface area contributed by atoms with E-state index in [9.17, 15) is 18.0 Å². The Hall–Kier alpha value is -4.05. The number of sulfonamides is 1. The number of hydrogen-bond donors (Lipinski definition) is 2. The second-order valence-electron chi connectivity index (χ2n) is 7.64. The van der Waals surface area contributed by atoms with Crippen molar-refractivity contribution in [1.29, 1.82) is 0 Å². The van der Waals surface area contributed by atoms with Crippen molar-refractivity contribution in [1.82, 2.24) is 10.2 Å². The first-order chi connectivity index (χ1) is 16.3. The Kier molecular flexibility index (Phi) is 6.42. The minimum atomic E-state index is -3.94.